The first-order valence-electron chi connectivity index (χ1n) is 7.78. The topological polar surface area (TPSA) is 97.0 Å². The molecule has 7 nitrogen and oxygen atoms in total. The number of nitrogen functional groups attached to an aromatic ring is 1. The van der Waals surface area contributed by atoms with Crippen molar-refractivity contribution in [2.24, 2.45) is 0 Å². The van der Waals surface area contributed by atoms with Gasteiger partial charge in [0.05, 0.1) is 0 Å². The minimum absolute atomic E-state index is 0.0382. The van der Waals surface area contributed by atoms with Crippen LogP contribution < -0.4 is 16.0 Å². The van der Waals surface area contributed by atoms with E-state index >= 15 is 0 Å². The van der Waals surface area contributed by atoms with Gasteiger partial charge in [-0.15, -0.1) is 0 Å². The van der Waals surface area contributed by atoms with Gasteiger partial charge in [-0.2, -0.15) is 15.0 Å². The molecule has 1 saturated carbocycles. The summed E-state index contributed by atoms with van der Waals surface area (Å²) in [4.78, 5) is 25.7. The summed E-state index contributed by atoms with van der Waals surface area (Å²) < 4.78 is 26.7. The number of aromatic nitrogens is 3. The van der Waals surface area contributed by atoms with Gasteiger partial charge >= 0.3 is 0 Å². The van der Waals surface area contributed by atoms with Crippen LogP contribution in [-0.2, 0) is 0 Å². The van der Waals surface area contributed by atoms with E-state index in [-0.39, 0.29) is 29.7 Å². The number of anilines is 2. The van der Waals surface area contributed by atoms with Crippen molar-refractivity contribution in [1.29, 1.82) is 0 Å². The molecule has 132 valence electrons. The number of carbonyl (C=O) groups is 1. The number of nitrogens with two attached hydrogens (primary N) is 1. The Morgan fingerprint density at radius 3 is 2.60 bits per heavy atom. The van der Waals surface area contributed by atoms with Gasteiger partial charge < -0.3 is 16.0 Å². The number of nitrogens with one attached hydrogen (secondary N) is 1. The van der Waals surface area contributed by atoms with Crippen molar-refractivity contribution in [2.45, 2.75) is 24.8 Å². The maximum absolute atomic E-state index is 13.8. The SMILES string of the molecule is CN(C)c1nc(N)nc(C(=O)NC2CC(c3ccc(F)cc3F)C2)n1. The summed E-state index contributed by atoms with van der Waals surface area (Å²) in [7, 11) is 3.45. The summed E-state index contributed by atoms with van der Waals surface area (Å²) in [6, 6.07) is 3.43. The Hall–Kier alpha value is -2.84. The summed E-state index contributed by atoms with van der Waals surface area (Å²) in [5.41, 5.74) is 6.06. The molecule has 0 aliphatic heterocycles. The van der Waals surface area contributed by atoms with Gasteiger partial charge in [-0.1, -0.05) is 6.07 Å². The van der Waals surface area contributed by atoms with E-state index in [1.807, 2.05) is 0 Å². The molecule has 1 fully saturated rings. The molecule has 0 spiro atoms. The number of carbonyl (C=O) groups excluding carboxylic acids is 1. The average Bonchev–Trinajstić information content (AvgIpc) is 2.50. The maximum atomic E-state index is 13.8. The number of amides is 1. The van der Waals surface area contributed by atoms with Crippen molar-refractivity contribution < 1.29 is 13.6 Å². The Morgan fingerprint density at radius 2 is 1.96 bits per heavy atom. The van der Waals surface area contributed by atoms with Gasteiger partial charge in [-0.05, 0) is 30.4 Å². The lowest BCUT2D eigenvalue weighted by Crippen LogP contribution is -2.44. The van der Waals surface area contributed by atoms with Crippen LogP contribution in [0.4, 0.5) is 20.7 Å². The molecule has 9 heteroatoms. The fourth-order valence-electron chi connectivity index (χ4n) is 2.75. The molecule has 25 heavy (non-hydrogen) atoms. The van der Waals surface area contributed by atoms with Crippen molar-refractivity contribution in [2.75, 3.05) is 24.7 Å². The predicted octanol–water partition coefficient (Wildman–Crippen LogP) is 1.47. The zero-order valence-electron chi connectivity index (χ0n) is 13.8. The van der Waals surface area contributed by atoms with Crippen molar-refractivity contribution in [1.82, 2.24) is 20.3 Å². The number of benzene rings is 1. The first-order chi connectivity index (χ1) is 11.8. The molecule has 0 unspecified atom stereocenters. The van der Waals surface area contributed by atoms with E-state index in [0.29, 0.717) is 18.4 Å². The van der Waals surface area contributed by atoms with Crippen LogP contribution in [0.2, 0.25) is 0 Å². The molecule has 3 rings (SSSR count). The van der Waals surface area contributed by atoms with Crippen molar-refractivity contribution >= 4 is 17.8 Å². The van der Waals surface area contributed by atoms with E-state index in [1.165, 1.54) is 12.1 Å². The molecule has 3 N–H and O–H groups in total. The fraction of sp³-hybridized carbons (Fsp3) is 0.375. The zero-order valence-corrected chi connectivity index (χ0v) is 13.8. The smallest absolute Gasteiger partial charge is 0.289 e. The second-order valence-electron chi connectivity index (χ2n) is 6.22. The van der Waals surface area contributed by atoms with Crippen LogP contribution in [0.25, 0.3) is 0 Å². The summed E-state index contributed by atoms with van der Waals surface area (Å²) in [6.07, 6.45) is 1.13. The maximum Gasteiger partial charge on any atom is 0.289 e. The molecule has 1 heterocycles. The van der Waals surface area contributed by atoms with Gasteiger partial charge in [0.15, 0.2) is 0 Å². The molecule has 1 aromatic heterocycles. The van der Waals surface area contributed by atoms with Crippen LogP contribution in [-0.4, -0.2) is 41.0 Å². The molecule has 1 aromatic carbocycles. The second-order valence-corrected chi connectivity index (χ2v) is 6.22. The molecule has 0 atom stereocenters. The van der Waals surface area contributed by atoms with Crippen LogP contribution in [0.5, 0.6) is 0 Å². The zero-order chi connectivity index (χ0) is 18.1. The average molecular weight is 348 g/mol. The highest BCUT2D eigenvalue weighted by atomic mass is 19.1. The first kappa shape index (κ1) is 17.0. The van der Waals surface area contributed by atoms with Crippen molar-refractivity contribution in [3.63, 3.8) is 0 Å². The number of rotatable bonds is 4. The van der Waals surface area contributed by atoms with E-state index in [0.717, 1.165) is 6.07 Å². The van der Waals surface area contributed by atoms with Crippen LogP contribution in [0.1, 0.15) is 34.9 Å². The summed E-state index contributed by atoms with van der Waals surface area (Å²) in [5, 5.41) is 2.79. The third kappa shape index (κ3) is 3.65. The number of nitrogens with zero attached hydrogens (tertiary/aromatic N) is 4. The Labute approximate surface area is 143 Å². The van der Waals surface area contributed by atoms with E-state index in [9.17, 15) is 13.6 Å². The lowest BCUT2D eigenvalue weighted by Gasteiger charge is -2.36. The lowest BCUT2D eigenvalue weighted by atomic mass is 9.75. The van der Waals surface area contributed by atoms with E-state index in [2.05, 4.69) is 20.3 Å². The monoisotopic (exact) mass is 348 g/mol. The third-order valence-electron chi connectivity index (χ3n) is 4.12. The van der Waals surface area contributed by atoms with Gasteiger partial charge in [-0.3, -0.25) is 4.79 Å². The highest BCUT2D eigenvalue weighted by Crippen LogP contribution is 2.38. The first-order valence-corrected chi connectivity index (χ1v) is 7.78. The van der Waals surface area contributed by atoms with Gasteiger partial charge in [-0.25, -0.2) is 8.78 Å². The Balaban J connectivity index is 1.62. The molecule has 0 radical (unpaired) electrons. The van der Waals surface area contributed by atoms with Crippen LogP contribution in [0.3, 0.4) is 0 Å². The highest BCUT2D eigenvalue weighted by molar-refractivity contribution is 5.91. The van der Waals surface area contributed by atoms with Crippen molar-refractivity contribution in [3.05, 3.63) is 41.2 Å². The minimum atomic E-state index is -0.602. The van der Waals surface area contributed by atoms with Crippen LogP contribution in [0.15, 0.2) is 18.2 Å². The molecular formula is C16H18F2N6O. The summed E-state index contributed by atoms with van der Waals surface area (Å²) >= 11 is 0. The molecule has 1 amide bonds. The molecule has 1 aliphatic carbocycles. The normalized spacial score (nSPS) is 19.2. The summed E-state index contributed by atoms with van der Waals surface area (Å²) in [5.74, 6) is -1.48. The van der Waals surface area contributed by atoms with E-state index in [4.69, 9.17) is 5.73 Å². The van der Waals surface area contributed by atoms with Gasteiger partial charge in [0.25, 0.3) is 5.91 Å². The molecule has 0 bridgehead atoms. The predicted molar refractivity (Wildman–Crippen MR) is 88.2 cm³/mol. The van der Waals surface area contributed by atoms with Crippen molar-refractivity contribution in [3.8, 4) is 0 Å². The van der Waals surface area contributed by atoms with Crippen LogP contribution >= 0.6 is 0 Å². The largest absolute Gasteiger partial charge is 0.368 e. The van der Waals surface area contributed by atoms with Gasteiger partial charge in [0.1, 0.15) is 11.6 Å². The van der Waals surface area contributed by atoms with Gasteiger partial charge in [0.2, 0.25) is 17.7 Å². The van der Waals surface area contributed by atoms with E-state index < -0.39 is 17.5 Å². The molecule has 0 saturated heterocycles. The van der Waals surface area contributed by atoms with E-state index in [1.54, 1.807) is 19.0 Å². The molecular weight excluding hydrogens is 330 g/mol. The number of halogens is 2. The quantitative estimate of drug-likeness (QED) is 0.869. The third-order valence-corrected chi connectivity index (χ3v) is 4.12. The molecule has 2 aromatic rings. The summed E-state index contributed by atoms with van der Waals surface area (Å²) in [6.45, 7) is 0. The number of hydrogen-bond donors (Lipinski definition) is 2. The second kappa shape index (κ2) is 6.58. The Kier molecular flexibility index (Phi) is 4.47. The Morgan fingerprint density at radius 1 is 1.24 bits per heavy atom. The lowest BCUT2D eigenvalue weighted by molar-refractivity contribution is 0.0897. The van der Waals surface area contributed by atoms with Crippen LogP contribution in [0, 0.1) is 11.6 Å². The highest BCUT2D eigenvalue weighted by Gasteiger charge is 2.33. The Bertz CT molecular complexity index is 807. The standard InChI is InChI=1S/C16H18F2N6O/c1-24(2)16-22-13(21-15(19)23-16)14(25)20-10-5-8(6-10)11-4-3-9(17)7-12(11)18/h3-4,7-8,10H,5-6H2,1-2H3,(H,20,25)(H2,19,21,22,23). The fourth-order valence-corrected chi connectivity index (χ4v) is 2.75. The van der Waals surface area contributed by atoms with Gasteiger partial charge in [0, 0.05) is 26.2 Å². The number of hydrogen-bond acceptors (Lipinski definition) is 6. The minimum Gasteiger partial charge on any atom is -0.368 e. The molecule has 1 aliphatic rings.